The Morgan fingerprint density at radius 2 is 2.00 bits per heavy atom. The number of carbonyl (C=O) groups is 1. The van der Waals surface area contributed by atoms with E-state index >= 15 is 0 Å². The summed E-state index contributed by atoms with van der Waals surface area (Å²) in [6.45, 7) is 2.13. The Bertz CT molecular complexity index is 571. The Kier molecular flexibility index (Phi) is 3.68. The second kappa shape index (κ2) is 5.69. The summed E-state index contributed by atoms with van der Waals surface area (Å²) in [6, 6.07) is 0.506. The Hall–Kier alpha value is -1.36. The summed E-state index contributed by atoms with van der Waals surface area (Å²) in [4.78, 5) is 11.2. The SMILES string of the molecule is O=C(O)CC1CCCc2c1c(C1CC1)nn2C1CCNCC1. The molecule has 1 aromatic rings. The van der Waals surface area contributed by atoms with Gasteiger partial charge in [-0.25, -0.2) is 0 Å². The van der Waals surface area contributed by atoms with Crippen molar-refractivity contribution in [3.8, 4) is 0 Å². The molecule has 1 unspecified atom stereocenters. The first-order valence-electron chi connectivity index (χ1n) is 8.77. The van der Waals surface area contributed by atoms with Crippen LogP contribution in [0.25, 0.3) is 0 Å². The molecule has 5 nitrogen and oxygen atoms in total. The Morgan fingerprint density at radius 3 is 2.68 bits per heavy atom. The van der Waals surface area contributed by atoms with E-state index in [1.807, 2.05) is 0 Å². The highest BCUT2D eigenvalue weighted by Crippen LogP contribution is 2.47. The highest BCUT2D eigenvalue weighted by atomic mass is 16.4. The largest absolute Gasteiger partial charge is 0.481 e. The molecular formula is C17H25N3O2. The van der Waals surface area contributed by atoms with Crippen LogP contribution >= 0.6 is 0 Å². The molecule has 120 valence electrons. The fraction of sp³-hybridized carbons (Fsp3) is 0.765. The van der Waals surface area contributed by atoms with Crippen LogP contribution in [0.2, 0.25) is 0 Å². The first-order valence-corrected chi connectivity index (χ1v) is 8.77. The number of aromatic nitrogens is 2. The first kappa shape index (κ1) is 14.2. The molecule has 0 aromatic carbocycles. The molecule has 2 heterocycles. The van der Waals surface area contributed by atoms with Crippen LogP contribution in [0.3, 0.4) is 0 Å². The number of hydrogen-bond acceptors (Lipinski definition) is 3. The van der Waals surface area contributed by atoms with Crippen molar-refractivity contribution in [2.45, 2.75) is 69.2 Å². The van der Waals surface area contributed by atoms with Crippen molar-refractivity contribution >= 4 is 5.97 Å². The third-order valence-electron chi connectivity index (χ3n) is 5.49. The standard InChI is InChI=1S/C17H25N3O2/c21-15(22)10-12-2-1-3-14-16(12)17(11-4-5-11)19-20(14)13-6-8-18-9-7-13/h11-13,18H,1-10H2,(H,21,22). The number of fused-ring (bicyclic) bond motifs is 1. The minimum Gasteiger partial charge on any atom is -0.481 e. The number of rotatable bonds is 4. The molecule has 2 fully saturated rings. The van der Waals surface area contributed by atoms with Gasteiger partial charge in [0.1, 0.15) is 0 Å². The zero-order chi connectivity index (χ0) is 15.1. The van der Waals surface area contributed by atoms with E-state index in [0.29, 0.717) is 12.0 Å². The van der Waals surface area contributed by atoms with Crippen LogP contribution in [0.5, 0.6) is 0 Å². The van der Waals surface area contributed by atoms with Crippen LogP contribution in [0, 0.1) is 0 Å². The third kappa shape index (κ3) is 2.56. The van der Waals surface area contributed by atoms with Crippen LogP contribution in [0.1, 0.15) is 79.8 Å². The van der Waals surface area contributed by atoms with Gasteiger partial charge in [-0.1, -0.05) is 0 Å². The van der Waals surface area contributed by atoms with E-state index in [9.17, 15) is 9.90 Å². The van der Waals surface area contributed by atoms with Gasteiger partial charge in [0.25, 0.3) is 0 Å². The predicted octanol–water partition coefficient (Wildman–Crippen LogP) is 2.58. The Morgan fingerprint density at radius 1 is 1.23 bits per heavy atom. The lowest BCUT2D eigenvalue weighted by Crippen LogP contribution is -2.31. The highest BCUT2D eigenvalue weighted by molar-refractivity contribution is 5.68. The van der Waals surface area contributed by atoms with Crippen molar-refractivity contribution in [3.05, 3.63) is 17.0 Å². The van der Waals surface area contributed by atoms with Crippen LogP contribution in [-0.4, -0.2) is 33.9 Å². The van der Waals surface area contributed by atoms with Gasteiger partial charge in [0.15, 0.2) is 0 Å². The van der Waals surface area contributed by atoms with E-state index in [2.05, 4.69) is 10.00 Å². The molecule has 1 saturated carbocycles. The molecule has 1 saturated heterocycles. The van der Waals surface area contributed by atoms with Gasteiger partial charge in [-0.05, 0) is 64.0 Å². The van der Waals surface area contributed by atoms with Gasteiger partial charge in [0.05, 0.1) is 18.2 Å². The summed E-state index contributed by atoms with van der Waals surface area (Å²) in [5.41, 5.74) is 3.94. The normalized spacial score (nSPS) is 25.9. The van der Waals surface area contributed by atoms with Gasteiger partial charge >= 0.3 is 5.97 Å². The second-order valence-electron chi connectivity index (χ2n) is 7.13. The van der Waals surface area contributed by atoms with Gasteiger partial charge in [-0.2, -0.15) is 5.10 Å². The maximum absolute atomic E-state index is 11.2. The minimum atomic E-state index is -0.672. The highest BCUT2D eigenvalue weighted by Gasteiger charge is 2.37. The topological polar surface area (TPSA) is 67.1 Å². The van der Waals surface area contributed by atoms with E-state index in [1.54, 1.807) is 0 Å². The molecule has 22 heavy (non-hydrogen) atoms. The third-order valence-corrected chi connectivity index (χ3v) is 5.49. The predicted molar refractivity (Wildman–Crippen MR) is 83.3 cm³/mol. The molecule has 3 aliphatic rings. The molecular weight excluding hydrogens is 278 g/mol. The van der Waals surface area contributed by atoms with Crippen molar-refractivity contribution in [1.29, 1.82) is 0 Å². The lowest BCUT2D eigenvalue weighted by atomic mass is 9.82. The first-order chi connectivity index (χ1) is 10.7. The number of carboxylic acid groups (broad SMARTS) is 1. The minimum absolute atomic E-state index is 0.187. The lowest BCUT2D eigenvalue weighted by Gasteiger charge is -2.27. The average molecular weight is 303 g/mol. The van der Waals surface area contributed by atoms with Gasteiger partial charge in [-0.15, -0.1) is 0 Å². The maximum Gasteiger partial charge on any atom is 0.303 e. The van der Waals surface area contributed by atoms with Crippen molar-refractivity contribution in [2.75, 3.05) is 13.1 Å². The van der Waals surface area contributed by atoms with Crippen LogP contribution < -0.4 is 5.32 Å². The number of piperidine rings is 1. The lowest BCUT2D eigenvalue weighted by molar-refractivity contribution is -0.137. The number of carboxylic acids is 1. The summed E-state index contributed by atoms with van der Waals surface area (Å²) in [7, 11) is 0. The van der Waals surface area contributed by atoms with E-state index < -0.39 is 5.97 Å². The molecule has 4 rings (SSSR count). The zero-order valence-electron chi connectivity index (χ0n) is 13.1. The van der Waals surface area contributed by atoms with E-state index in [1.165, 1.54) is 29.8 Å². The number of nitrogens with zero attached hydrogens (tertiary/aromatic N) is 2. The monoisotopic (exact) mass is 303 g/mol. The second-order valence-corrected chi connectivity index (χ2v) is 7.13. The molecule has 5 heteroatoms. The molecule has 1 atom stereocenters. The van der Waals surface area contributed by atoms with Gasteiger partial charge < -0.3 is 10.4 Å². The molecule has 2 aliphatic carbocycles. The zero-order valence-corrected chi connectivity index (χ0v) is 13.1. The maximum atomic E-state index is 11.2. The molecule has 0 bridgehead atoms. The van der Waals surface area contributed by atoms with Gasteiger partial charge in [-0.3, -0.25) is 9.48 Å². The Balaban J connectivity index is 1.73. The fourth-order valence-electron chi connectivity index (χ4n) is 4.28. The molecule has 0 amide bonds. The summed E-state index contributed by atoms with van der Waals surface area (Å²) < 4.78 is 2.30. The van der Waals surface area contributed by atoms with Crippen molar-refractivity contribution in [3.63, 3.8) is 0 Å². The summed E-state index contributed by atoms with van der Waals surface area (Å²) in [6.07, 6.45) is 8.21. The van der Waals surface area contributed by atoms with E-state index in [0.717, 1.165) is 45.2 Å². The summed E-state index contributed by atoms with van der Waals surface area (Å²) in [5.74, 6) is 0.118. The van der Waals surface area contributed by atoms with Crippen molar-refractivity contribution in [1.82, 2.24) is 15.1 Å². The number of aliphatic carboxylic acids is 1. The molecule has 2 N–H and O–H groups in total. The molecule has 0 radical (unpaired) electrons. The van der Waals surface area contributed by atoms with Crippen molar-refractivity contribution in [2.24, 2.45) is 0 Å². The molecule has 1 aliphatic heterocycles. The van der Waals surface area contributed by atoms with Crippen LogP contribution in [0.15, 0.2) is 0 Å². The Labute approximate surface area is 131 Å². The number of hydrogen-bond donors (Lipinski definition) is 2. The smallest absolute Gasteiger partial charge is 0.303 e. The average Bonchev–Trinajstić information content (AvgIpc) is 3.28. The summed E-state index contributed by atoms with van der Waals surface area (Å²) >= 11 is 0. The molecule has 1 aromatic heterocycles. The van der Waals surface area contributed by atoms with Gasteiger partial charge in [0.2, 0.25) is 0 Å². The molecule has 0 spiro atoms. The van der Waals surface area contributed by atoms with Crippen LogP contribution in [-0.2, 0) is 11.2 Å². The van der Waals surface area contributed by atoms with Crippen LogP contribution in [0.4, 0.5) is 0 Å². The van der Waals surface area contributed by atoms with E-state index in [-0.39, 0.29) is 12.3 Å². The fourth-order valence-corrected chi connectivity index (χ4v) is 4.28. The quantitative estimate of drug-likeness (QED) is 0.897. The van der Waals surface area contributed by atoms with Gasteiger partial charge in [0, 0.05) is 17.2 Å². The summed E-state index contributed by atoms with van der Waals surface area (Å²) in [5, 5.41) is 17.7. The number of nitrogens with one attached hydrogen (secondary N) is 1. The van der Waals surface area contributed by atoms with Crippen molar-refractivity contribution < 1.29 is 9.90 Å². The van der Waals surface area contributed by atoms with E-state index in [4.69, 9.17) is 5.10 Å².